The van der Waals surface area contributed by atoms with Crippen molar-refractivity contribution < 1.29 is 8.60 Å². The van der Waals surface area contributed by atoms with Crippen molar-refractivity contribution in [1.29, 1.82) is 0 Å². The van der Waals surface area contributed by atoms with Gasteiger partial charge in [-0.3, -0.25) is 14.3 Å². The van der Waals surface area contributed by atoms with Gasteiger partial charge in [0, 0.05) is 18.8 Å². The average molecular weight is 441 g/mol. The first-order valence-electron chi connectivity index (χ1n) is 10.2. The van der Waals surface area contributed by atoms with E-state index in [-0.39, 0.29) is 10.9 Å². The van der Waals surface area contributed by atoms with Crippen LogP contribution in [0, 0.1) is 5.82 Å². The molecule has 0 bridgehead atoms. The molecule has 2 atom stereocenters. The molecule has 2 aromatic heterocycles. The Kier molecular flexibility index (Phi) is 5.61. The summed E-state index contributed by atoms with van der Waals surface area (Å²) in [5, 5.41) is 0.230. The zero-order chi connectivity index (χ0) is 22.3. The lowest BCUT2D eigenvalue weighted by atomic mass is 10.0. The lowest BCUT2D eigenvalue weighted by Crippen LogP contribution is -2.35. The van der Waals surface area contributed by atoms with Gasteiger partial charge in [-0.2, -0.15) is 0 Å². The van der Waals surface area contributed by atoms with E-state index >= 15 is 0 Å². The molecular weight excluding hydrogens is 415 g/mol. The van der Waals surface area contributed by atoms with Crippen LogP contribution < -0.4 is 10.3 Å². The zero-order valence-corrected chi connectivity index (χ0v) is 18.8. The van der Waals surface area contributed by atoms with Crippen molar-refractivity contribution in [1.82, 2.24) is 19.3 Å². The van der Waals surface area contributed by atoms with Gasteiger partial charge in [-0.1, -0.05) is 6.07 Å². The van der Waals surface area contributed by atoms with Crippen molar-refractivity contribution in [3.8, 4) is 0 Å². The number of rotatable bonds is 4. The van der Waals surface area contributed by atoms with Gasteiger partial charge < -0.3 is 0 Å². The van der Waals surface area contributed by atoms with Gasteiger partial charge in [0.25, 0.3) is 5.56 Å². The van der Waals surface area contributed by atoms with Crippen molar-refractivity contribution in [2.24, 2.45) is 0 Å². The van der Waals surface area contributed by atoms with Crippen LogP contribution in [0.5, 0.6) is 0 Å². The molecular formula is C23H25FN4O2S. The molecule has 3 heterocycles. The molecule has 0 saturated heterocycles. The third-order valence-electron chi connectivity index (χ3n) is 5.26. The van der Waals surface area contributed by atoms with Crippen LogP contribution in [-0.2, 0) is 17.5 Å². The highest BCUT2D eigenvalue weighted by atomic mass is 32.2. The van der Waals surface area contributed by atoms with E-state index in [1.807, 2.05) is 45.0 Å². The summed E-state index contributed by atoms with van der Waals surface area (Å²) in [6.07, 6.45) is 4.29. The van der Waals surface area contributed by atoms with E-state index in [1.165, 1.54) is 12.1 Å². The highest BCUT2D eigenvalue weighted by Gasteiger charge is 2.26. The van der Waals surface area contributed by atoms with E-state index in [2.05, 4.69) is 9.71 Å². The second kappa shape index (κ2) is 8.09. The first-order valence-corrected chi connectivity index (χ1v) is 11.3. The van der Waals surface area contributed by atoms with Crippen molar-refractivity contribution in [2.75, 3.05) is 0 Å². The fraction of sp³-hybridized carbons (Fsp3) is 0.348. The van der Waals surface area contributed by atoms with Gasteiger partial charge in [0.15, 0.2) is 0 Å². The summed E-state index contributed by atoms with van der Waals surface area (Å²) in [4.78, 5) is 22.3. The van der Waals surface area contributed by atoms with E-state index in [9.17, 15) is 13.4 Å². The normalized spacial score (nSPS) is 17.1. The minimum atomic E-state index is -1.36. The lowest BCUT2D eigenvalue weighted by molar-refractivity contribution is 0.606. The second-order valence-corrected chi connectivity index (χ2v) is 10.7. The Balaban J connectivity index is 1.86. The number of hydrogen-bond donors (Lipinski definition) is 1. The monoisotopic (exact) mass is 440 g/mol. The second-order valence-electron chi connectivity index (χ2n) is 8.68. The molecule has 4 rings (SSSR count). The maximum absolute atomic E-state index is 14.4. The fourth-order valence-corrected chi connectivity index (χ4v) is 4.42. The quantitative estimate of drug-likeness (QED) is 0.666. The van der Waals surface area contributed by atoms with E-state index in [0.29, 0.717) is 29.9 Å². The minimum Gasteiger partial charge on any atom is -0.292 e. The van der Waals surface area contributed by atoms with Crippen LogP contribution in [0.25, 0.3) is 22.6 Å². The first-order chi connectivity index (χ1) is 14.6. The summed E-state index contributed by atoms with van der Waals surface area (Å²) >= 11 is 0. The number of nitrogens with one attached hydrogen (secondary N) is 1. The van der Waals surface area contributed by atoms with Crippen LogP contribution >= 0.6 is 0 Å². The van der Waals surface area contributed by atoms with Gasteiger partial charge in [-0.15, -0.1) is 0 Å². The predicted octanol–water partition coefficient (Wildman–Crippen LogP) is 3.99. The molecule has 0 unspecified atom stereocenters. The molecule has 0 spiro atoms. The van der Waals surface area contributed by atoms with Gasteiger partial charge in [0.1, 0.15) is 11.6 Å². The van der Waals surface area contributed by atoms with Gasteiger partial charge in [0.2, 0.25) is 0 Å². The topological polar surface area (TPSA) is 76.9 Å². The van der Waals surface area contributed by atoms with Crippen LogP contribution in [0.1, 0.15) is 57.2 Å². The largest absolute Gasteiger partial charge is 0.292 e. The molecule has 6 nitrogen and oxygen atoms in total. The molecule has 8 heteroatoms. The molecule has 31 heavy (non-hydrogen) atoms. The number of hydrogen-bond acceptors (Lipinski definition) is 4. The van der Waals surface area contributed by atoms with Crippen LogP contribution in [-0.4, -0.2) is 23.5 Å². The summed E-state index contributed by atoms with van der Waals surface area (Å²) in [6.45, 7) is 7.87. The predicted molar refractivity (Wildman–Crippen MR) is 122 cm³/mol. The Bertz CT molecular complexity index is 1260. The number of pyridine rings is 1. The maximum Gasteiger partial charge on any atom is 0.261 e. The average Bonchev–Trinajstić information content (AvgIpc) is 3.11. The minimum absolute atomic E-state index is 0.230. The Morgan fingerprint density at radius 1 is 1.29 bits per heavy atom. The Labute approximate surface area is 182 Å². The molecule has 0 amide bonds. The van der Waals surface area contributed by atoms with Crippen LogP contribution in [0.3, 0.4) is 0 Å². The molecule has 162 valence electrons. The summed E-state index contributed by atoms with van der Waals surface area (Å²) in [5.74, 6) is 0.0551. The molecule has 0 aliphatic carbocycles. The molecule has 0 fully saturated rings. The number of benzene rings is 1. The highest BCUT2D eigenvalue weighted by Crippen LogP contribution is 2.30. The van der Waals surface area contributed by atoms with Crippen LogP contribution in [0.4, 0.5) is 4.39 Å². The van der Waals surface area contributed by atoms with Crippen LogP contribution in [0.15, 0.2) is 41.3 Å². The molecule has 1 aliphatic heterocycles. The lowest BCUT2D eigenvalue weighted by Gasteiger charge is -2.23. The van der Waals surface area contributed by atoms with Gasteiger partial charge in [-0.25, -0.2) is 18.3 Å². The van der Waals surface area contributed by atoms with E-state index in [1.54, 1.807) is 17.7 Å². The molecule has 0 radical (unpaired) electrons. The molecule has 1 aromatic carbocycles. The molecule has 0 saturated carbocycles. The third-order valence-corrected chi connectivity index (χ3v) is 6.94. The van der Waals surface area contributed by atoms with Crippen molar-refractivity contribution in [2.45, 2.75) is 51.4 Å². The summed E-state index contributed by atoms with van der Waals surface area (Å²) in [5.41, 5.74) is 2.37. The smallest absolute Gasteiger partial charge is 0.261 e. The number of halogens is 1. The number of nitrogens with zero attached hydrogens (tertiary/aromatic N) is 3. The Morgan fingerprint density at radius 2 is 2.06 bits per heavy atom. The molecule has 1 N–H and O–H groups in total. The standard InChI is InChI=1S/C23H25FN4O2S/c1-14(27-31(30)23(2,3)4)18-12-16(24)13-19-20(18)26-21-15(8-10-28(21)22(19)29)11-17-7-5-6-9-25-17/h5-7,9,11-14,27H,8,10H2,1-4H3/t14-,31-/m1/s1. The van der Waals surface area contributed by atoms with Crippen molar-refractivity contribution in [3.05, 3.63) is 69.8 Å². The van der Waals surface area contributed by atoms with Gasteiger partial charge in [-0.05, 0) is 75.6 Å². The van der Waals surface area contributed by atoms with Crippen LogP contribution in [0.2, 0.25) is 0 Å². The van der Waals surface area contributed by atoms with Gasteiger partial charge in [0.05, 0.1) is 32.3 Å². The van der Waals surface area contributed by atoms with Crippen molar-refractivity contribution >= 4 is 33.5 Å². The van der Waals surface area contributed by atoms with E-state index < -0.39 is 27.6 Å². The highest BCUT2D eigenvalue weighted by molar-refractivity contribution is 7.84. The van der Waals surface area contributed by atoms with Gasteiger partial charge >= 0.3 is 0 Å². The number of aromatic nitrogens is 3. The summed E-state index contributed by atoms with van der Waals surface area (Å²) in [6, 6.07) is 7.77. The summed E-state index contributed by atoms with van der Waals surface area (Å²) < 4.78 is 31.1. The SMILES string of the molecule is C[C@@H](N[S@](=O)C(C)(C)C)c1cc(F)cc2c(=O)n3c(nc12)C(=Cc1ccccn1)CC3. The van der Waals surface area contributed by atoms with Crippen molar-refractivity contribution in [3.63, 3.8) is 0 Å². The van der Waals surface area contributed by atoms with E-state index in [0.717, 1.165) is 11.3 Å². The van der Waals surface area contributed by atoms with E-state index in [4.69, 9.17) is 4.98 Å². The zero-order valence-electron chi connectivity index (χ0n) is 18.0. The molecule has 3 aromatic rings. The number of fused-ring (bicyclic) bond motifs is 2. The first kappa shape index (κ1) is 21.5. The Hall–Kier alpha value is -2.71. The Morgan fingerprint density at radius 3 is 2.74 bits per heavy atom. The maximum atomic E-state index is 14.4. The summed E-state index contributed by atoms with van der Waals surface area (Å²) in [7, 11) is -1.36. The fourth-order valence-electron chi connectivity index (χ4n) is 3.62. The molecule has 1 aliphatic rings. The third kappa shape index (κ3) is 4.22. The number of allylic oxidation sites excluding steroid dienone is 1.